The lowest BCUT2D eigenvalue weighted by Crippen LogP contribution is -2.21. The average Bonchev–Trinajstić information content (AvgIpc) is 3.58. The van der Waals surface area contributed by atoms with Gasteiger partial charge >= 0.3 is 5.97 Å². The number of pyridine rings is 2. The molecule has 0 radical (unpaired) electrons. The summed E-state index contributed by atoms with van der Waals surface area (Å²) < 4.78 is 6.62. The van der Waals surface area contributed by atoms with Crippen LogP contribution in [-0.2, 0) is 11.3 Å². The van der Waals surface area contributed by atoms with Gasteiger partial charge in [-0.1, -0.05) is 0 Å². The lowest BCUT2D eigenvalue weighted by molar-refractivity contribution is 0.0599. The molecule has 0 unspecified atom stereocenters. The molecule has 4 aromatic heterocycles. The lowest BCUT2D eigenvalue weighted by Gasteiger charge is -2.16. The van der Waals surface area contributed by atoms with Gasteiger partial charge in [-0.15, -0.1) is 11.3 Å². The van der Waals surface area contributed by atoms with Gasteiger partial charge in [0.15, 0.2) is 0 Å². The summed E-state index contributed by atoms with van der Waals surface area (Å²) in [5, 5.41) is 21.0. The number of anilines is 1. The van der Waals surface area contributed by atoms with Crippen molar-refractivity contribution in [3.8, 4) is 21.7 Å². The number of carbonyl (C=O) groups excluding carboxylic acids is 2. The Balaban J connectivity index is 1.52. The van der Waals surface area contributed by atoms with Gasteiger partial charge in [0.05, 0.1) is 23.8 Å². The van der Waals surface area contributed by atoms with E-state index < -0.39 is 11.6 Å². The number of amides is 1. The molecule has 0 atom stereocenters. The van der Waals surface area contributed by atoms with E-state index in [0.717, 1.165) is 10.9 Å². The number of ether oxygens (including phenoxy) is 1. The van der Waals surface area contributed by atoms with E-state index in [-0.39, 0.29) is 17.2 Å². The summed E-state index contributed by atoms with van der Waals surface area (Å²) >= 11 is 1.37. The fourth-order valence-corrected chi connectivity index (χ4v) is 4.78. The molecule has 4 heterocycles. The summed E-state index contributed by atoms with van der Waals surface area (Å²) in [6.07, 6.45) is 8.78. The minimum Gasteiger partial charge on any atom is -0.465 e. The summed E-state index contributed by atoms with van der Waals surface area (Å²) in [5.74, 6) is -0.892. The van der Waals surface area contributed by atoms with Gasteiger partial charge in [0.2, 0.25) is 0 Å². The second-order valence-electron chi connectivity index (χ2n) is 9.59. The van der Waals surface area contributed by atoms with E-state index in [9.17, 15) is 14.7 Å². The largest absolute Gasteiger partial charge is 0.465 e. The molecule has 0 bridgehead atoms. The molecule has 5 rings (SSSR count). The van der Waals surface area contributed by atoms with Crippen LogP contribution in [0.25, 0.3) is 32.6 Å². The molecular formula is C28H26N6O4S. The maximum atomic E-state index is 13.3. The van der Waals surface area contributed by atoms with Gasteiger partial charge in [-0.3, -0.25) is 19.4 Å². The number of aliphatic hydroxyl groups is 1. The van der Waals surface area contributed by atoms with E-state index in [0.29, 0.717) is 40.3 Å². The van der Waals surface area contributed by atoms with Crippen molar-refractivity contribution in [2.45, 2.75) is 32.4 Å². The van der Waals surface area contributed by atoms with Crippen LogP contribution < -0.4 is 5.32 Å². The van der Waals surface area contributed by atoms with Crippen LogP contribution in [0.3, 0.4) is 0 Å². The standard InChI is InChI=1S/C28H26N6O4S/c1-28(2,37)6-9-34-15-20-11-23(31-25(35)24-16-39-26(32-24)17-4-7-29-8-5-17)21(12-22(20)33-34)18-10-19(14-30-13-18)27(36)38-3/h4-5,7-8,10-16,37H,6,9H2,1-3H3,(H,31,35). The number of carbonyl (C=O) groups is 2. The molecule has 2 N–H and O–H groups in total. The van der Waals surface area contributed by atoms with Crippen LogP contribution in [0.5, 0.6) is 0 Å². The molecule has 10 nitrogen and oxygen atoms in total. The minimum absolute atomic E-state index is 0.278. The van der Waals surface area contributed by atoms with E-state index in [1.54, 1.807) is 48.6 Å². The number of benzene rings is 1. The summed E-state index contributed by atoms with van der Waals surface area (Å²) in [4.78, 5) is 38.2. The number of hydrogen-bond acceptors (Lipinski definition) is 9. The molecule has 5 aromatic rings. The highest BCUT2D eigenvalue weighted by Gasteiger charge is 2.19. The first-order valence-electron chi connectivity index (χ1n) is 12.1. The van der Waals surface area contributed by atoms with Gasteiger partial charge in [0, 0.05) is 70.7 Å². The SMILES string of the molecule is COC(=O)c1cncc(-c2cc3nn(CCC(C)(C)O)cc3cc2NC(=O)c2csc(-c3ccncc3)n2)c1. The normalized spacial score (nSPS) is 11.5. The van der Waals surface area contributed by atoms with Crippen molar-refractivity contribution in [3.05, 3.63) is 78.0 Å². The monoisotopic (exact) mass is 542 g/mol. The summed E-state index contributed by atoms with van der Waals surface area (Å²) in [6.45, 7) is 4.02. The zero-order valence-electron chi connectivity index (χ0n) is 21.6. The zero-order chi connectivity index (χ0) is 27.6. The number of aryl methyl sites for hydroxylation is 1. The number of fused-ring (bicyclic) bond motifs is 1. The van der Waals surface area contributed by atoms with Crippen LogP contribution >= 0.6 is 11.3 Å². The predicted octanol–water partition coefficient (Wildman–Crippen LogP) is 4.82. The molecule has 1 amide bonds. The lowest BCUT2D eigenvalue weighted by atomic mass is 10.0. The summed E-state index contributed by atoms with van der Waals surface area (Å²) in [5.41, 5.74) is 3.05. The van der Waals surface area contributed by atoms with Crippen molar-refractivity contribution in [1.82, 2.24) is 24.7 Å². The molecule has 1 aromatic carbocycles. The number of rotatable bonds is 8. The molecule has 0 aliphatic heterocycles. The maximum Gasteiger partial charge on any atom is 0.339 e. The molecule has 0 fully saturated rings. The molecule has 0 aliphatic carbocycles. The number of esters is 1. The van der Waals surface area contributed by atoms with Crippen LogP contribution in [0.2, 0.25) is 0 Å². The Morgan fingerprint density at radius 3 is 2.64 bits per heavy atom. The van der Waals surface area contributed by atoms with Crippen molar-refractivity contribution in [2.75, 3.05) is 12.4 Å². The van der Waals surface area contributed by atoms with Crippen molar-refractivity contribution < 1.29 is 19.4 Å². The fraction of sp³-hybridized carbons (Fsp3) is 0.214. The first-order valence-corrected chi connectivity index (χ1v) is 13.0. The molecule has 0 aliphatic rings. The highest BCUT2D eigenvalue weighted by Crippen LogP contribution is 2.33. The van der Waals surface area contributed by atoms with E-state index in [4.69, 9.17) is 4.74 Å². The van der Waals surface area contributed by atoms with E-state index in [1.807, 2.05) is 30.5 Å². The van der Waals surface area contributed by atoms with Gasteiger partial charge in [-0.2, -0.15) is 5.10 Å². The second-order valence-corrected chi connectivity index (χ2v) is 10.5. The van der Waals surface area contributed by atoms with Gasteiger partial charge in [-0.05, 0) is 50.6 Å². The van der Waals surface area contributed by atoms with Crippen LogP contribution in [-0.4, -0.2) is 54.4 Å². The molecule has 198 valence electrons. The van der Waals surface area contributed by atoms with Gasteiger partial charge in [0.25, 0.3) is 5.91 Å². The topological polar surface area (TPSA) is 132 Å². The Bertz CT molecular complexity index is 1660. The highest BCUT2D eigenvalue weighted by molar-refractivity contribution is 7.13. The van der Waals surface area contributed by atoms with Crippen LogP contribution in [0.1, 0.15) is 41.1 Å². The Labute approximate surface area is 228 Å². The number of thiazole rings is 1. The Morgan fingerprint density at radius 2 is 1.90 bits per heavy atom. The van der Waals surface area contributed by atoms with E-state index in [2.05, 4.69) is 25.4 Å². The number of hydrogen-bond donors (Lipinski definition) is 2. The van der Waals surface area contributed by atoms with Gasteiger partial charge in [-0.25, -0.2) is 9.78 Å². The van der Waals surface area contributed by atoms with Gasteiger partial charge < -0.3 is 15.2 Å². The second kappa shape index (κ2) is 10.7. The molecule has 0 spiro atoms. The van der Waals surface area contributed by atoms with E-state index >= 15 is 0 Å². The molecule has 0 saturated heterocycles. The quantitative estimate of drug-likeness (QED) is 0.267. The highest BCUT2D eigenvalue weighted by atomic mass is 32.1. The first-order chi connectivity index (χ1) is 18.7. The van der Waals surface area contributed by atoms with Crippen molar-refractivity contribution in [1.29, 1.82) is 0 Å². The van der Waals surface area contributed by atoms with Crippen LogP contribution in [0, 0.1) is 0 Å². The zero-order valence-corrected chi connectivity index (χ0v) is 22.4. The number of nitrogens with one attached hydrogen (secondary N) is 1. The smallest absolute Gasteiger partial charge is 0.339 e. The first kappa shape index (κ1) is 26.1. The molecule has 0 saturated carbocycles. The Kier molecular flexibility index (Phi) is 7.18. The Morgan fingerprint density at radius 1 is 1.10 bits per heavy atom. The summed E-state index contributed by atoms with van der Waals surface area (Å²) in [6, 6.07) is 9.00. The fourth-order valence-electron chi connectivity index (χ4n) is 3.98. The molecule has 39 heavy (non-hydrogen) atoms. The third kappa shape index (κ3) is 6.00. The number of aromatic nitrogens is 5. The minimum atomic E-state index is -0.828. The third-order valence-corrected chi connectivity index (χ3v) is 6.92. The third-order valence-electron chi connectivity index (χ3n) is 6.03. The predicted molar refractivity (Wildman–Crippen MR) is 149 cm³/mol. The van der Waals surface area contributed by atoms with Crippen LogP contribution in [0.4, 0.5) is 5.69 Å². The number of nitrogens with zero attached hydrogens (tertiary/aromatic N) is 5. The maximum absolute atomic E-state index is 13.3. The molecule has 11 heteroatoms. The number of methoxy groups -OCH3 is 1. The van der Waals surface area contributed by atoms with Crippen molar-refractivity contribution >= 4 is 39.8 Å². The van der Waals surface area contributed by atoms with Crippen LogP contribution in [0.15, 0.2) is 66.7 Å². The summed E-state index contributed by atoms with van der Waals surface area (Å²) in [7, 11) is 1.31. The Hall–Kier alpha value is -4.48. The van der Waals surface area contributed by atoms with Crippen molar-refractivity contribution in [2.24, 2.45) is 0 Å². The van der Waals surface area contributed by atoms with E-state index in [1.165, 1.54) is 24.6 Å². The van der Waals surface area contributed by atoms with Gasteiger partial charge in [0.1, 0.15) is 10.7 Å². The average molecular weight is 543 g/mol. The van der Waals surface area contributed by atoms with Crippen molar-refractivity contribution in [3.63, 3.8) is 0 Å². The molecular weight excluding hydrogens is 516 g/mol.